The van der Waals surface area contributed by atoms with Crippen LogP contribution in [0.3, 0.4) is 0 Å². The van der Waals surface area contributed by atoms with Gasteiger partial charge in [0.15, 0.2) is 0 Å². The molecule has 0 amide bonds. The monoisotopic (exact) mass is 345 g/mol. The quantitative estimate of drug-likeness (QED) is 0.551. The van der Waals surface area contributed by atoms with Gasteiger partial charge in [-0.15, -0.1) is 10.2 Å². The summed E-state index contributed by atoms with van der Waals surface area (Å²) in [5.74, 6) is -0.0906. The van der Waals surface area contributed by atoms with Crippen LogP contribution in [-0.2, 0) is 0 Å². The fourth-order valence-electron chi connectivity index (χ4n) is 2.64. The summed E-state index contributed by atoms with van der Waals surface area (Å²) in [7, 11) is 1.72. The van der Waals surface area contributed by atoms with Crippen LogP contribution in [0.25, 0.3) is 16.7 Å². The molecule has 0 unspecified atom stereocenters. The van der Waals surface area contributed by atoms with E-state index < -0.39 is 5.82 Å². The summed E-state index contributed by atoms with van der Waals surface area (Å²) in [4.78, 5) is 6.07. The standard InChI is InChI=1S/C16H10ClF2N5/c1-23(11-4-2-3-9(18)7-11)14-12-8-10(19)5-6-13(12)24-15(17)21-22-16(24)20-14/h2-8H,1H3. The fraction of sp³-hybridized carbons (Fsp3) is 0.0625. The highest BCUT2D eigenvalue weighted by Crippen LogP contribution is 2.31. The van der Waals surface area contributed by atoms with Gasteiger partial charge in [0, 0.05) is 18.1 Å². The minimum absolute atomic E-state index is 0.133. The Kier molecular flexibility index (Phi) is 3.31. The van der Waals surface area contributed by atoms with Crippen molar-refractivity contribution < 1.29 is 8.78 Å². The fourth-order valence-corrected chi connectivity index (χ4v) is 2.84. The minimum atomic E-state index is -0.415. The molecule has 0 saturated carbocycles. The highest BCUT2D eigenvalue weighted by atomic mass is 35.5. The van der Waals surface area contributed by atoms with Crippen LogP contribution in [0, 0.1) is 11.6 Å². The number of rotatable bonds is 2. The van der Waals surface area contributed by atoms with E-state index in [0.717, 1.165) is 0 Å². The van der Waals surface area contributed by atoms with Gasteiger partial charge in [-0.3, -0.25) is 0 Å². The molecule has 8 heteroatoms. The molecule has 4 aromatic rings. The van der Waals surface area contributed by atoms with Gasteiger partial charge < -0.3 is 4.90 Å². The molecule has 5 nitrogen and oxygen atoms in total. The van der Waals surface area contributed by atoms with Crippen molar-refractivity contribution in [3.8, 4) is 0 Å². The number of aromatic nitrogens is 4. The van der Waals surface area contributed by atoms with E-state index in [2.05, 4.69) is 15.2 Å². The minimum Gasteiger partial charge on any atom is -0.329 e. The van der Waals surface area contributed by atoms with E-state index in [-0.39, 0.29) is 16.9 Å². The molecule has 0 aliphatic heterocycles. The Hall–Kier alpha value is -2.80. The molecule has 2 heterocycles. The van der Waals surface area contributed by atoms with Gasteiger partial charge in [0.05, 0.1) is 5.52 Å². The molecule has 120 valence electrons. The lowest BCUT2D eigenvalue weighted by Gasteiger charge is -2.20. The molecule has 0 fully saturated rings. The zero-order valence-corrected chi connectivity index (χ0v) is 13.2. The Bertz CT molecular complexity index is 1080. The number of hydrogen-bond acceptors (Lipinski definition) is 4. The molecule has 24 heavy (non-hydrogen) atoms. The predicted molar refractivity (Wildman–Crippen MR) is 87.7 cm³/mol. The van der Waals surface area contributed by atoms with Crippen LogP contribution in [0.5, 0.6) is 0 Å². The van der Waals surface area contributed by atoms with Crippen molar-refractivity contribution in [2.24, 2.45) is 0 Å². The van der Waals surface area contributed by atoms with Crippen LogP contribution in [0.15, 0.2) is 42.5 Å². The first-order valence-corrected chi connectivity index (χ1v) is 7.41. The summed E-state index contributed by atoms with van der Waals surface area (Å²) in [5.41, 5.74) is 1.18. The van der Waals surface area contributed by atoms with E-state index in [1.165, 1.54) is 28.7 Å². The van der Waals surface area contributed by atoms with Crippen LogP contribution < -0.4 is 4.90 Å². The van der Waals surface area contributed by atoms with E-state index in [9.17, 15) is 8.78 Å². The maximum Gasteiger partial charge on any atom is 0.258 e. The third-order valence-corrected chi connectivity index (χ3v) is 4.01. The Balaban J connectivity index is 2.04. The molecule has 0 N–H and O–H groups in total. The molecule has 0 bridgehead atoms. The van der Waals surface area contributed by atoms with E-state index in [1.807, 2.05) is 0 Å². The molecule has 0 atom stereocenters. The zero-order chi connectivity index (χ0) is 16.8. The van der Waals surface area contributed by atoms with Gasteiger partial charge in [0.2, 0.25) is 5.28 Å². The lowest BCUT2D eigenvalue weighted by atomic mass is 10.2. The number of fused-ring (bicyclic) bond motifs is 3. The number of halogens is 3. The molecule has 2 aromatic carbocycles. The van der Waals surface area contributed by atoms with Crippen molar-refractivity contribution in [3.05, 3.63) is 59.4 Å². The van der Waals surface area contributed by atoms with Crippen LogP contribution in [0.1, 0.15) is 0 Å². The Morgan fingerprint density at radius 2 is 1.83 bits per heavy atom. The third kappa shape index (κ3) is 2.25. The second-order valence-corrected chi connectivity index (χ2v) is 5.58. The molecule has 4 rings (SSSR count). The van der Waals surface area contributed by atoms with Crippen LogP contribution in [0.2, 0.25) is 5.28 Å². The van der Waals surface area contributed by atoms with E-state index in [4.69, 9.17) is 11.6 Å². The van der Waals surface area contributed by atoms with Crippen LogP contribution in [-0.4, -0.2) is 26.6 Å². The molecule has 2 aromatic heterocycles. The Morgan fingerprint density at radius 1 is 1.04 bits per heavy atom. The molecule has 0 saturated heterocycles. The highest BCUT2D eigenvalue weighted by Gasteiger charge is 2.17. The largest absolute Gasteiger partial charge is 0.329 e. The van der Waals surface area contributed by atoms with Crippen molar-refractivity contribution >= 4 is 39.8 Å². The lowest BCUT2D eigenvalue weighted by molar-refractivity contribution is 0.627. The summed E-state index contributed by atoms with van der Waals surface area (Å²) >= 11 is 6.05. The van der Waals surface area contributed by atoms with E-state index in [1.54, 1.807) is 30.1 Å². The average Bonchev–Trinajstić information content (AvgIpc) is 2.94. The second kappa shape index (κ2) is 5.38. The third-order valence-electron chi connectivity index (χ3n) is 3.77. The molecule has 0 spiro atoms. The molecular formula is C16H10ClF2N5. The number of anilines is 2. The molecular weight excluding hydrogens is 336 g/mol. The van der Waals surface area contributed by atoms with Gasteiger partial charge in [-0.1, -0.05) is 6.07 Å². The summed E-state index contributed by atoms with van der Waals surface area (Å²) in [6.07, 6.45) is 0. The van der Waals surface area contributed by atoms with Gasteiger partial charge >= 0.3 is 0 Å². The molecule has 0 aliphatic rings. The van der Waals surface area contributed by atoms with Gasteiger partial charge in [0.25, 0.3) is 5.78 Å². The maximum atomic E-state index is 13.8. The normalized spacial score (nSPS) is 11.3. The average molecular weight is 346 g/mol. The Labute approximate surface area is 140 Å². The SMILES string of the molecule is CN(c1cccc(F)c1)c1nc2nnc(Cl)n2c2ccc(F)cc12. The zero-order valence-electron chi connectivity index (χ0n) is 12.4. The van der Waals surface area contributed by atoms with Crippen molar-refractivity contribution in [3.63, 3.8) is 0 Å². The lowest BCUT2D eigenvalue weighted by Crippen LogP contribution is -2.13. The molecule has 0 aliphatic carbocycles. The summed E-state index contributed by atoms with van der Waals surface area (Å²) in [6, 6.07) is 10.3. The van der Waals surface area contributed by atoms with E-state index in [0.29, 0.717) is 22.4 Å². The van der Waals surface area contributed by atoms with Gasteiger partial charge in [-0.05, 0) is 48.0 Å². The smallest absolute Gasteiger partial charge is 0.258 e. The summed E-state index contributed by atoms with van der Waals surface area (Å²) in [5, 5.41) is 8.36. The second-order valence-electron chi connectivity index (χ2n) is 5.24. The summed E-state index contributed by atoms with van der Waals surface area (Å²) in [6.45, 7) is 0. The van der Waals surface area contributed by atoms with Gasteiger partial charge in [0.1, 0.15) is 17.5 Å². The first-order chi connectivity index (χ1) is 11.5. The molecule has 0 radical (unpaired) electrons. The van der Waals surface area contributed by atoms with Crippen molar-refractivity contribution in [1.29, 1.82) is 0 Å². The number of benzene rings is 2. The van der Waals surface area contributed by atoms with Crippen LogP contribution >= 0.6 is 11.6 Å². The van der Waals surface area contributed by atoms with Crippen molar-refractivity contribution in [2.45, 2.75) is 0 Å². The van der Waals surface area contributed by atoms with Gasteiger partial charge in [-0.25, -0.2) is 13.2 Å². The van der Waals surface area contributed by atoms with E-state index >= 15 is 0 Å². The summed E-state index contributed by atoms with van der Waals surface area (Å²) < 4.78 is 28.8. The maximum absolute atomic E-state index is 13.8. The van der Waals surface area contributed by atoms with Crippen LogP contribution in [0.4, 0.5) is 20.3 Å². The van der Waals surface area contributed by atoms with Crippen molar-refractivity contribution in [1.82, 2.24) is 19.6 Å². The first-order valence-electron chi connectivity index (χ1n) is 7.04. The number of nitrogens with zero attached hydrogens (tertiary/aromatic N) is 5. The number of hydrogen-bond donors (Lipinski definition) is 0. The van der Waals surface area contributed by atoms with Crippen molar-refractivity contribution in [2.75, 3.05) is 11.9 Å². The Morgan fingerprint density at radius 3 is 2.62 bits per heavy atom. The first kappa shape index (κ1) is 14.8. The highest BCUT2D eigenvalue weighted by molar-refractivity contribution is 6.29. The predicted octanol–water partition coefficient (Wildman–Crippen LogP) is 3.98. The van der Waals surface area contributed by atoms with Gasteiger partial charge in [-0.2, -0.15) is 4.98 Å². The topological polar surface area (TPSA) is 46.3 Å².